The molecule has 3 fully saturated rings. The van der Waals surface area contributed by atoms with Crippen LogP contribution < -0.4 is 0 Å². The highest BCUT2D eigenvalue weighted by atomic mass is 16.5. The third kappa shape index (κ3) is 2.97. The SMILES string of the molecule is O=C(O)[C@H]1CN(C(=O)C=C(C2CC2)C2CC2)CCO1. The molecule has 1 aliphatic heterocycles. The van der Waals surface area contributed by atoms with Gasteiger partial charge in [-0.2, -0.15) is 0 Å². The van der Waals surface area contributed by atoms with E-state index in [-0.39, 0.29) is 12.5 Å². The van der Waals surface area contributed by atoms with Gasteiger partial charge < -0.3 is 14.7 Å². The molecule has 1 N–H and O–H groups in total. The highest BCUT2D eigenvalue weighted by Crippen LogP contribution is 2.48. The minimum absolute atomic E-state index is 0.0386. The topological polar surface area (TPSA) is 66.8 Å². The minimum Gasteiger partial charge on any atom is -0.479 e. The van der Waals surface area contributed by atoms with E-state index in [1.54, 1.807) is 11.0 Å². The van der Waals surface area contributed by atoms with Crippen molar-refractivity contribution < 1.29 is 19.4 Å². The number of hydrogen-bond acceptors (Lipinski definition) is 3. The number of carbonyl (C=O) groups excluding carboxylic acids is 1. The maximum absolute atomic E-state index is 12.2. The van der Waals surface area contributed by atoms with Crippen LogP contribution in [0.5, 0.6) is 0 Å². The standard InChI is InChI=1S/C14H19NO4/c16-13(7-11(9-1-2-9)10-3-4-10)15-5-6-19-12(8-15)14(17)18/h7,9-10,12H,1-6,8H2,(H,17,18)/t12-/m1/s1. The van der Waals surface area contributed by atoms with Gasteiger partial charge in [0.05, 0.1) is 13.2 Å². The van der Waals surface area contributed by atoms with Crippen molar-refractivity contribution in [2.75, 3.05) is 19.7 Å². The van der Waals surface area contributed by atoms with Crippen LogP contribution in [0.25, 0.3) is 0 Å². The molecule has 19 heavy (non-hydrogen) atoms. The van der Waals surface area contributed by atoms with Crippen LogP contribution >= 0.6 is 0 Å². The van der Waals surface area contributed by atoms with Crippen molar-refractivity contribution in [3.63, 3.8) is 0 Å². The molecular formula is C14H19NO4. The van der Waals surface area contributed by atoms with Crippen LogP contribution in [0, 0.1) is 11.8 Å². The Bertz CT molecular complexity index is 409. The second-order valence-corrected chi connectivity index (χ2v) is 5.67. The molecule has 0 aromatic carbocycles. The van der Waals surface area contributed by atoms with Crippen LogP contribution in [0.3, 0.4) is 0 Å². The maximum atomic E-state index is 12.2. The van der Waals surface area contributed by atoms with Gasteiger partial charge in [-0.3, -0.25) is 4.79 Å². The summed E-state index contributed by atoms with van der Waals surface area (Å²) in [7, 11) is 0. The van der Waals surface area contributed by atoms with Gasteiger partial charge >= 0.3 is 5.97 Å². The van der Waals surface area contributed by atoms with Crippen LogP contribution in [0.2, 0.25) is 0 Å². The Balaban J connectivity index is 1.65. The van der Waals surface area contributed by atoms with Gasteiger partial charge in [-0.25, -0.2) is 4.79 Å². The van der Waals surface area contributed by atoms with Crippen LogP contribution in [-0.2, 0) is 14.3 Å². The van der Waals surface area contributed by atoms with E-state index in [0.29, 0.717) is 25.0 Å². The summed E-state index contributed by atoms with van der Waals surface area (Å²) in [6.45, 7) is 0.952. The zero-order valence-electron chi connectivity index (χ0n) is 10.9. The molecule has 0 aromatic rings. The summed E-state index contributed by atoms with van der Waals surface area (Å²) in [4.78, 5) is 24.7. The lowest BCUT2D eigenvalue weighted by Gasteiger charge is -2.30. The Morgan fingerprint density at radius 3 is 2.32 bits per heavy atom. The minimum atomic E-state index is -0.994. The van der Waals surface area contributed by atoms with E-state index in [1.807, 2.05) is 0 Å². The molecule has 1 saturated heterocycles. The van der Waals surface area contributed by atoms with Gasteiger partial charge in [0.25, 0.3) is 0 Å². The van der Waals surface area contributed by atoms with Crippen LogP contribution in [0.1, 0.15) is 25.7 Å². The molecule has 1 atom stereocenters. The summed E-state index contributed by atoms with van der Waals surface area (Å²) in [5.41, 5.74) is 1.31. The fourth-order valence-electron chi connectivity index (χ4n) is 2.64. The summed E-state index contributed by atoms with van der Waals surface area (Å²) in [6.07, 6.45) is 5.72. The van der Waals surface area contributed by atoms with Gasteiger partial charge in [-0.15, -0.1) is 0 Å². The summed E-state index contributed by atoms with van der Waals surface area (Å²) in [5.74, 6) is 0.204. The van der Waals surface area contributed by atoms with Crippen LogP contribution in [0.4, 0.5) is 0 Å². The monoisotopic (exact) mass is 265 g/mol. The van der Waals surface area contributed by atoms with Gasteiger partial charge in [0.15, 0.2) is 6.10 Å². The number of amides is 1. The molecule has 3 rings (SSSR count). The highest BCUT2D eigenvalue weighted by molar-refractivity contribution is 5.89. The average Bonchev–Trinajstić information content (AvgIpc) is 3.29. The van der Waals surface area contributed by atoms with Gasteiger partial charge in [0.1, 0.15) is 0 Å². The second-order valence-electron chi connectivity index (χ2n) is 5.67. The maximum Gasteiger partial charge on any atom is 0.334 e. The van der Waals surface area contributed by atoms with Gasteiger partial charge in [0.2, 0.25) is 5.91 Å². The van der Waals surface area contributed by atoms with Crippen molar-refractivity contribution in [3.8, 4) is 0 Å². The first-order valence-electron chi connectivity index (χ1n) is 7.00. The quantitative estimate of drug-likeness (QED) is 0.771. The Hall–Kier alpha value is -1.36. The third-order valence-electron chi connectivity index (χ3n) is 4.04. The largest absolute Gasteiger partial charge is 0.479 e. The zero-order chi connectivity index (χ0) is 13.4. The lowest BCUT2D eigenvalue weighted by atomic mass is 10.1. The van der Waals surface area contributed by atoms with E-state index in [2.05, 4.69) is 0 Å². The number of carbonyl (C=O) groups is 2. The van der Waals surface area contributed by atoms with E-state index in [9.17, 15) is 9.59 Å². The van der Waals surface area contributed by atoms with Crippen molar-refractivity contribution in [3.05, 3.63) is 11.6 Å². The molecule has 1 amide bonds. The van der Waals surface area contributed by atoms with Crippen LogP contribution in [0.15, 0.2) is 11.6 Å². The number of allylic oxidation sites excluding steroid dienone is 1. The number of morpholine rings is 1. The first kappa shape index (κ1) is 12.7. The van der Waals surface area contributed by atoms with Crippen molar-refractivity contribution in [2.45, 2.75) is 31.8 Å². The van der Waals surface area contributed by atoms with E-state index < -0.39 is 12.1 Å². The van der Waals surface area contributed by atoms with E-state index >= 15 is 0 Å². The number of carboxylic acid groups (broad SMARTS) is 1. The summed E-state index contributed by atoms with van der Waals surface area (Å²) in [5, 5.41) is 8.94. The van der Waals surface area contributed by atoms with Gasteiger partial charge in [0, 0.05) is 12.6 Å². The van der Waals surface area contributed by atoms with Crippen molar-refractivity contribution in [1.29, 1.82) is 0 Å². The number of aliphatic carboxylic acids is 1. The first-order chi connectivity index (χ1) is 9.15. The smallest absolute Gasteiger partial charge is 0.334 e. The fourth-order valence-corrected chi connectivity index (χ4v) is 2.64. The fraction of sp³-hybridized carbons (Fsp3) is 0.714. The van der Waals surface area contributed by atoms with E-state index in [0.717, 1.165) is 0 Å². The predicted molar refractivity (Wildman–Crippen MR) is 67.5 cm³/mol. The van der Waals surface area contributed by atoms with Crippen LogP contribution in [-0.4, -0.2) is 47.7 Å². The number of ether oxygens (including phenoxy) is 1. The lowest BCUT2D eigenvalue weighted by molar-refractivity contribution is -0.158. The molecule has 2 aliphatic carbocycles. The summed E-state index contributed by atoms with van der Waals surface area (Å²) >= 11 is 0. The highest BCUT2D eigenvalue weighted by Gasteiger charge is 2.37. The lowest BCUT2D eigenvalue weighted by Crippen LogP contribution is -2.48. The first-order valence-corrected chi connectivity index (χ1v) is 7.00. The molecule has 0 bridgehead atoms. The van der Waals surface area contributed by atoms with Crippen molar-refractivity contribution in [1.82, 2.24) is 4.90 Å². The Labute approximate surface area is 112 Å². The normalized spacial score (nSPS) is 26.9. The average molecular weight is 265 g/mol. The molecule has 5 heteroatoms. The number of nitrogens with zero attached hydrogens (tertiary/aromatic N) is 1. The molecule has 0 aromatic heterocycles. The van der Waals surface area contributed by atoms with E-state index in [1.165, 1.54) is 31.3 Å². The second kappa shape index (κ2) is 4.96. The number of carboxylic acids is 1. The molecule has 2 saturated carbocycles. The molecule has 0 radical (unpaired) electrons. The number of rotatable bonds is 4. The molecule has 0 spiro atoms. The Kier molecular flexibility index (Phi) is 3.31. The molecule has 3 aliphatic rings. The Morgan fingerprint density at radius 2 is 1.79 bits per heavy atom. The molecule has 1 heterocycles. The predicted octanol–water partition coefficient (Wildman–Crippen LogP) is 1.04. The molecule has 0 unspecified atom stereocenters. The summed E-state index contributed by atoms with van der Waals surface area (Å²) < 4.78 is 5.13. The number of hydrogen-bond donors (Lipinski definition) is 1. The van der Waals surface area contributed by atoms with Crippen molar-refractivity contribution in [2.24, 2.45) is 11.8 Å². The third-order valence-corrected chi connectivity index (χ3v) is 4.04. The zero-order valence-corrected chi connectivity index (χ0v) is 10.9. The van der Waals surface area contributed by atoms with Gasteiger partial charge in [-0.05, 0) is 37.5 Å². The van der Waals surface area contributed by atoms with Gasteiger partial charge in [-0.1, -0.05) is 5.57 Å². The Morgan fingerprint density at radius 1 is 1.16 bits per heavy atom. The molecular weight excluding hydrogens is 246 g/mol. The molecule has 5 nitrogen and oxygen atoms in total. The summed E-state index contributed by atoms with van der Waals surface area (Å²) in [6, 6.07) is 0. The van der Waals surface area contributed by atoms with Crippen molar-refractivity contribution >= 4 is 11.9 Å². The van der Waals surface area contributed by atoms with E-state index in [4.69, 9.17) is 9.84 Å². The molecule has 104 valence electrons.